The van der Waals surface area contributed by atoms with Gasteiger partial charge in [-0.15, -0.1) is 0 Å². The van der Waals surface area contributed by atoms with Crippen LogP contribution >= 0.6 is 15.9 Å². The zero-order chi connectivity index (χ0) is 11.0. The molecule has 1 atom stereocenters. The Bertz CT molecular complexity index is 399. The molecule has 0 N–H and O–H groups in total. The van der Waals surface area contributed by atoms with Crippen molar-refractivity contribution in [2.24, 2.45) is 5.92 Å². The van der Waals surface area contributed by atoms with Crippen LogP contribution in [0.3, 0.4) is 0 Å². The van der Waals surface area contributed by atoms with Crippen LogP contribution in [0.5, 0.6) is 0 Å². The molecule has 0 aromatic heterocycles. The summed E-state index contributed by atoms with van der Waals surface area (Å²) in [5.74, 6) is -0.0429. The Hall–Kier alpha value is -0.700. The van der Waals surface area contributed by atoms with Crippen molar-refractivity contribution in [2.45, 2.75) is 24.6 Å². The molecule has 1 fully saturated rings. The minimum absolute atomic E-state index is 0.109. The van der Waals surface area contributed by atoms with E-state index in [1.54, 1.807) is 6.07 Å². The summed E-state index contributed by atoms with van der Waals surface area (Å²) in [7, 11) is 0. The number of rotatable bonds is 3. The highest BCUT2D eigenvalue weighted by molar-refractivity contribution is 9.09. The highest BCUT2D eigenvalue weighted by atomic mass is 79.9. The van der Waals surface area contributed by atoms with E-state index in [0.29, 0.717) is 5.56 Å². The predicted octanol–water partition coefficient (Wildman–Crippen LogP) is 3.55. The van der Waals surface area contributed by atoms with Gasteiger partial charge in [0.25, 0.3) is 0 Å². The van der Waals surface area contributed by atoms with E-state index in [2.05, 4.69) is 15.9 Å². The van der Waals surface area contributed by atoms with Gasteiger partial charge in [-0.3, -0.25) is 4.79 Å². The average molecular weight is 271 g/mol. The summed E-state index contributed by atoms with van der Waals surface area (Å²) in [6.07, 6.45) is 1.91. The summed E-state index contributed by atoms with van der Waals surface area (Å²) in [6, 6.07) is 4.97. The standard InChI is InChI=1S/C12H12BrFO/c1-7-2-5-9(10(14)6-7)11(13)12(15)8-3-4-8/h2,5-6,8,11H,3-4H2,1H3. The number of halogens is 2. The van der Waals surface area contributed by atoms with Gasteiger partial charge in [-0.05, 0) is 31.4 Å². The quantitative estimate of drug-likeness (QED) is 0.768. The minimum Gasteiger partial charge on any atom is -0.298 e. The summed E-state index contributed by atoms with van der Waals surface area (Å²) in [4.78, 5) is 11.2. The van der Waals surface area contributed by atoms with Crippen molar-refractivity contribution in [3.05, 3.63) is 35.1 Å². The number of Topliss-reactive ketones (excluding diaryl/α,β-unsaturated/α-hetero) is 1. The molecule has 15 heavy (non-hydrogen) atoms. The molecule has 0 amide bonds. The van der Waals surface area contributed by atoms with Crippen molar-refractivity contribution in [3.8, 4) is 0 Å². The van der Waals surface area contributed by atoms with E-state index in [0.717, 1.165) is 18.4 Å². The molecule has 1 aromatic carbocycles. The number of carbonyl (C=O) groups is 1. The highest BCUT2D eigenvalue weighted by Gasteiger charge is 2.35. The molecule has 3 heteroatoms. The normalized spacial score (nSPS) is 17.5. The Morgan fingerprint density at radius 1 is 1.53 bits per heavy atom. The zero-order valence-corrected chi connectivity index (χ0v) is 10.1. The first-order valence-corrected chi connectivity index (χ1v) is 5.95. The van der Waals surface area contributed by atoms with Crippen LogP contribution in [-0.4, -0.2) is 5.78 Å². The van der Waals surface area contributed by atoms with Gasteiger partial charge in [-0.25, -0.2) is 4.39 Å². The van der Waals surface area contributed by atoms with E-state index in [4.69, 9.17) is 0 Å². The molecule has 80 valence electrons. The van der Waals surface area contributed by atoms with Gasteiger partial charge in [0.05, 0.1) is 0 Å². The molecule has 1 saturated carbocycles. The first kappa shape index (κ1) is 10.8. The van der Waals surface area contributed by atoms with Gasteiger partial charge < -0.3 is 0 Å². The van der Waals surface area contributed by atoms with Gasteiger partial charge in [-0.2, -0.15) is 0 Å². The maximum absolute atomic E-state index is 13.6. The van der Waals surface area contributed by atoms with Gasteiger partial charge in [0.1, 0.15) is 10.6 Å². The van der Waals surface area contributed by atoms with E-state index in [1.807, 2.05) is 13.0 Å². The van der Waals surface area contributed by atoms with E-state index in [-0.39, 0.29) is 17.5 Å². The smallest absolute Gasteiger partial charge is 0.154 e. The lowest BCUT2D eigenvalue weighted by Gasteiger charge is -2.10. The fourth-order valence-electron chi connectivity index (χ4n) is 1.57. The van der Waals surface area contributed by atoms with Crippen LogP contribution in [0.1, 0.15) is 28.8 Å². The summed E-state index contributed by atoms with van der Waals surface area (Å²) in [5, 5.41) is 0. The van der Waals surface area contributed by atoms with E-state index < -0.39 is 4.83 Å². The van der Waals surface area contributed by atoms with Gasteiger partial charge in [0.2, 0.25) is 0 Å². The topological polar surface area (TPSA) is 17.1 Å². The molecule has 0 bridgehead atoms. The van der Waals surface area contributed by atoms with Crippen LogP contribution in [0, 0.1) is 18.7 Å². The van der Waals surface area contributed by atoms with Crippen molar-refractivity contribution in [2.75, 3.05) is 0 Å². The number of ketones is 1. The molecule has 0 heterocycles. The van der Waals surface area contributed by atoms with Crippen molar-refractivity contribution in [3.63, 3.8) is 0 Å². The maximum Gasteiger partial charge on any atom is 0.154 e. The Kier molecular flexibility index (Phi) is 2.91. The molecular formula is C12H12BrFO. The highest BCUT2D eigenvalue weighted by Crippen LogP contribution is 2.38. The second kappa shape index (κ2) is 4.05. The first-order valence-electron chi connectivity index (χ1n) is 5.03. The van der Waals surface area contributed by atoms with Crippen molar-refractivity contribution < 1.29 is 9.18 Å². The Morgan fingerprint density at radius 3 is 2.73 bits per heavy atom. The van der Waals surface area contributed by atoms with Gasteiger partial charge in [0, 0.05) is 11.5 Å². The van der Waals surface area contributed by atoms with Crippen molar-refractivity contribution in [1.82, 2.24) is 0 Å². The van der Waals surface area contributed by atoms with Crippen LogP contribution in [0.2, 0.25) is 0 Å². The summed E-state index contributed by atoms with van der Waals surface area (Å²) >= 11 is 3.28. The van der Waals surface area contributed by atoms with E-state index in [9.17, 15) is 9.18 Å². The van der Waals surface area contributed by atoms with Crippen LogP contribution in [0.15, 0.2) is 18.2 Å². The molecule has 1 aliphatic carbocycles. The molecule has 0 radical (unpaired) electrons. The molecule has 1 nitrogen and oxygen atoms in total. The fraction of sp³-hybridized carbons (Fsp3) is 0.417. The lowest BCUT2D eigenvalue weighted by atomic mass is 10.0. The number of benzene rings is 1. The summed E-state index contributed by atoms with van der Waals surface area (Å²) in [6.45, 7) is 1.83. The molecule has 1 unspecified atom stereocenters. The largest absolute Gasteiger partial charge is 0.298 e. The van der Waals surface area contributed by atoms with Crippen LogP contribution in [0.25, 0.3) is 0 Å². The molecular weight excluding hydrogens is 259 g/mol. The number of hydrogen-bond donors (Lipinski definition) is 0. The van der Waals surface area contributed by atoms with E-state index in [1.165, 1.54) is 6.07 Å². The fourth-order valence-corrected chi connectivity index (χ4v) is 2.31. The Labute approximate surface area is 96.8 Å². The number of hydrogen-bond acceptors (Lipinski definition) is 1. The second-order valence-electron chi connectivity index (χ2n) is 4.06. The molecule has 1 aliphatic rings. The predicted molar refractivity (Wildman–Crippen MR) is 60.5 cm³/mol. The van der Waals surface area contributed by atoms with Crippen molar-refractivity contribution >= 4 is 21.7 Å². The summed E-state index contributed by atoms with van der Waals surface area (Å²) < 4.78 is 13.6. The minimum atomic E-state index is -0.481. The number of alkyl halides is 1. The third-order valence-corrected chi connectivity index (χ3v) is 3.60. The average Bonchev–Trinajstić information content (AvgIpc) is 2.99. The summed E-state index contributed by atoms with van der Waals surface area (Å²) in [5.41, 5.74) is 1.33. The molecule has 0 saturated heterocycles. The van der Waals surface area contributed by atoms with Gasteiger partial charge in [-0.1, -0.05) is 28.1 Å². The first-order chi connectivity index (χ1) is 7.09. The van der Waals surface area contributed by atoms with Gasteiger partial charge in [0.15, 0.2) is 5.78 Å². The Morgan fingerprint density at radius 2 is 2.20 bits per heavy atom. The molecule has 0 spiro atoms. The third kappa shape index (κ3) is 2.28. The van der Waals surface area contributed by atoms with Crippen LogP contribution < -0.4 is 0 Å². The molecule has 0 aliphatic heterocycles. The number of carbonyl (C=O) groups excluding carboxylic acids is 1. The molecule has 1 aromatic rings. The zero-order valence-electron chi connectivity index (χ0n) is 8.47. The monoisotopic (exact) mass is 270 g/mol. The lowest BCUT2D eigenvalue weighted by Crippen LogP contribution is -2.10. The Balaban J connectivity index is 2.24. The van der Waals surface area contributed by atoms with Crippen molar-refractivity contribution in [1.29, 1.82) is 0 Å². The van der Waals surface area contributed by atoms with E-state index >= 15 is 0 Å². The SMILES string of the molecule is Cc1ccc(C(Br)C(=O)C2CC2)c(F)c1. The number of aryl methyl sites for hydroxylation is 1. The molecule has 2 rings (SSSR count). The van der Waals surface area contributed by atoms with Gasteiger partial charge >= 0.3 is 0 Å². The van der Waals surface area contributed by atoms with Crippen LogP contribution in [0.4, 0.5) is 4.39 Å². The second-order valence-corrected chi connectivity index (χ2v) is 4.98. The third-order valence-electron chi connectivity index (χ3n) is 2.66. The van der Waals surface area contributed by atoms with Crippen LogP contribution in [-0.2, 0) is 4.79 Å². The maximum atomic E-state index is 13.6. The lowest BCUT2D eigenvalue weighted by molar-refractivity contribution is -0.119.